The van der Waals surface area contributed by atoms with E-state index in [9.17, 15) is 63.0 Å². The topological polar surface area (TPSA) is 461 Å². The summed E-state index contributed by atoms with van der Waals surface area (Å²) in [5.41, 5.74) is 22.5. The summed E-state index contributed by atoms with van der Waals surface area (Å²) in [6, 6.07) is -12.1. The van der Waals surface area contributed by atoms with Crippen LogP contribution < -0.4 is 60.2 Å². The average molecular weight is 964 g/mol. The van der Waals surface area contributed by atoms with Gasteiger partial charge in [-0.3, -0.25) is 57.7 Å². The monoisotopic (exact) mass is 963 g/mol. The van der Waals surface area contributed by atoms with Crippen LogP contribution in [0, 0.1) is 5.92 Å². The maximum Gasteiger partial charge on any atom is 0.325 e. The second-order valence-electron chi connectivity index (χ2n) is 16.6. The number of likely N-dealkylation sites (tertiary alicyclic amines) is 1. The van der Waals surface area contributed by atoms with Gasteiger partial charge in [0.25, 0.3) is 0 Å². The highest BCUT2D eigenvalue weighted by molar-refractivity contribution is 5.99. The zero-order valence-corrected chi connectivity index (χ0v) is 38.5. The van der Waals surface area contributed by atoms with Crippen LogP contribution >= 0.6 is 0 Å². The lowest BCUT2D eigenvalue weighted by molar-refractivity contribution is -0.144. The Morgan fingerprint density at radius 3 is 1.85 bits per heavy atom. The zero-order valence-electron chi connectivity index (χ0n) is 38.5. The molecule has 1 aliphatic rings. The predicted octanol–water partition coefficient (Wildman–Crippen LogP) is -5.74. The van der Waals surface area contributed by atoms with Gasteiger partial charge in [-0.15, -0.1) is 0 Å². The van der Waals surface area contributed by atoms with Crippen LogP contribution in [0.5, 0.6) is 0 Å². The molecule has 0 unspecified atom stereocenters. The number of guanidine groups is 1. The van der Waals surface area contributed by atoms with Crippen molar-refractivity contribution in [2.24, 2.45) is 33.8 Å². The van der Waals surface area contributed by atoms with Gasteiger partial charge in [-0.2, -0.15) is 0 Å². The van der Waals surface area contributed by atoms with E-state index in [0.29, 0.717) is 12.1 Å². The first-order chi connectivity index (χ1) is 31.8. The van der Waals surface area contributed by atoms with E-state index in [-0.39, 0.29) is 50.7 Å². The van der Waals surface area contributed by atoms with Crippen molar-refractivity contribution < 1.29 is 63.0 Å². The number of aliphatic carboxylic acids is 2. The van der Waals surface area contributed by atoms with Gasteiger partial charge >= 0.3 is 11.9 Å². The number of amides is 9. The smallest absolute Gasteiger partial charge is 0.325 e. The fourth-order valence-corrected chi connectivity index (χ4v) is 6.64. The normalized spacial score (nSPS) is 16.8. The van der Waals surface area contributed by atoms with Crippen molar-refractivity contribution in [3.63, 3.8) is 0 Å². The van der Waals surface area contributed by atoms with Crippen molar-refractivity contribution in [2.75, 3.05) is 13.1 Å². The van der Waals surface area contributed by atoms with E-state index in [1.807, 2.05) is 0 Å². The van der Waals surface area contributed by atoms with E-state index in [4.69, 9.17) is 22.9 Å². The van der Waals surface area contributed by atoms with Crippen molar-refractivity contribution >= 4 is 71.1 Å². The molecular formula is C40H65N15O13. The number of hydrogen-bond donors (Lipinski definition) is 14. The number of hydrogen-bond acceptors (Lipinski definition) is 14. The summed E-state index contributed by atoms with van der Waals surface area (Å²) in [7, 11) is 0. The molecule has 1 aromatic rings. The van der Waals surface area contributed by atoms with E-state index in [1.165, 1.54) is 38.2 Å². The Morgan fingerprint density at radius 2 is 1.29 bits per heavy atom. The number of aromatic nitrogens is 2. The summed E-state index contributed by atoms with van der Waals surface area (Å²) in [4.78, 5) is 154. The first kappa shape index (κ1) is 56.7. The lowest BCUT2D eigenvalue weighted by atomic mass is 10.0. The fourth-order valence-electron chi connectivity index (χ4n) is 6.64. The summed E-state index contributed by atoms with van der Waals surface area (Å²) < 4.78 is 0. The number of primary amides is 1. The maximum atomic E-state index is 13.8. The quantitative estimate of drug-likeness (QED) is 0.0211. The fraction of sp³-hybridized carbons (Fsp3) is 0.625. The molecule has 18 N–H and O–H groups in total. The molecule has 28 heteroatoms. The number of carbonyl (C=O) groups is 11. The molecule has 0 spiro atoms. The highest BCUT2D eigenvalue weighted by atomic mass is 16.4. The molecule has 0 bridgehead atoms. The standard InChI is InChI=1S/C40H65N15O13/c1-18(2)30(42)37(65)52-24(10-11-29(57)58)33(61)51-23(8-6-12-46-40(43)44)32(60)54-26(15-28(41)56)35(63)48-19(3)31(59)53-25(14-22-16-45-17-47-22)34(62)49-20(4)38(66)55-13-7-9-27(55)36(64)50-21(5)39(67)68/h16-21,23-27,30H,6-15,42H2,1-5H3,(H2,41,56)(H,45,47)(H,48,63)(H,49,62)(H,50,64)(H,51,61)(H,52,65)(H,53,59)(H,54,60)(H,57,58)(H,67,68)(H4,43,44,46)/t19-,20-,21-,23-,24-,25-,26-,27-,30-/m0/s1. The molecule has 0 saturated carbocycles. The lowest BCUT2D eigenvalue weighted by Crippen LogP contribution is -2.60. The van der Waals surface area contributed by atoms with Crippen molar-refractivity contribution in [3.05, 3.63) is 18.2 Å². The third-order valence-electron chi connectivity index (χ3n) is 10.6. The number of carbonyl (C=O) groups excluding carboxylic acids is 9. The molecule has 68 heavy (non-hydrogen) atoms. The summed E-state index contributed by atoms with van der Waals surface area (Å²) in [6.07, 6.45) is 1.30. The van der Waals surface area contributed by atoms with Crippen LogP contribution in [0.15, 0.2) is 17.5 Å². The van der Waals surface area contributed by atoms with Crippen molar-refractivity contribution in [2.45, 2.75) is 140 Å². The molecule has 1 saturated heterocycles. The molecule has 2 rings (SSSR count). The van der Waals surface area contributed by atoms with Gasteiger partial charge in [-0.25, -0.2) is 4.98 Å². The molecular weight excluding hydrogens is 899 g/mol. The Balaban J connectivity index is 2.27. The zero-order chi connectivity index (χ0) is 51.4. The van der Waals surface area contributed by atoms with Crippen LogP contribution in [0.2, 0.25) is 0 Å². The number of nitrogens with two attached hydrogens (primary N) is 4. The largest absolute Gasteiger partial charge is 0.481 e. The maximum absolute atomic E-state index is 13.8. The number of rotatable bonds is 28. The number of imidazole rings is 1. The third-order valence-corrected chi connectivity index (χ3v) is 10.6. The highest BCUT2D eigenvalue weighted by Crippen LogP contribution is 2.19. The molecule has 0 aromatic carbocycles. The highest BCUT2D eigenvalue weighted by Gasteiger charge is 2.38. The first-order valence-electron chi connectivity index (χ1n) is 21.8. The lowest BCUT2D eigenvalue weighted by Gasteiger charge is -2.29. The molecule has 0 aliphatic carbocycles. The molecule has 0 radical (unpaired) electrons. The molecule has 9 amide bonds. The first-order valence-corrected chi connectivity index (χ1v) is 21.8. The second kappa shape index (κ2) is 27.3. The van der Waals surface area contributed by atoms with Crippen LogP contribution in [0.3, 0.4) is 0 Å². The minimum atomic E-state index is -1.75. The van der Waals surface area contributed by atoms with Crippen LogP contribution in [0.1, 0.15) is 85.3 Å². The Labute approximate surface area is 391 Å². The summed E-state index contributed by atoms with van der Waals surface area (Å²) in [5.74, 6) is -11.3. The van der Waals surface area contributed by atoms with Crippen molar-refractivity contribution in [1.29, 1.82) is 0 Å². The minimum absolute atomic E-state index is 0.0238. The average Bonchev–Trinajstić information content (AvgIpc) is 3.97. The Morgan fingerprint density at radius 1 is 0.735 bits per heavy atom. The summed E-state index contributed by atoms with van der Waals surface area (Å²) >= 11 is 0. The summed E-state index contributed by atoms with van der Waals surface area (Å²) in [5, 5.41) is 35.4. The van der Waals surface area contributed by atoms with Gasteiger partial charge in [0, 0.05) is 37.8 Å². The SMILES string of the molecule is CC(C)[C@H](N)C(=O)N[C@@H](CCC(=O)O)C(=O)N[C@@H](CCCN=C(N)N)C(=O)N[C@@H](CC(N)=O)C(=O)N[C@@H](C)C(=O)N[C@@H](Cc1cnc[nH]1)C(=O)N[C@@H](C)C(=O)N1CCC[C@H]1C(=O)N[C@@H](C)C(=O)O. The molecule has 28 nitrogen and oxygen atoms in total. The van der Waals surface area contributed by atoms with E-state index < -0.39 is 139 Å². The van der Waals surface area contributed by atoms with Crippen LogP contribution in [-0.4, -0.2) is 164 Å². The number of aromatic amines is 1. The third kappa shape index (κ3) is 18.8. The molecule has 378 valence electrons. The van der Waals surface area contributed by atoms with Gasteiger partial charge in [0.2, 0.25) is 53.2 Å². The molecule has 1 aromatic heterocycles. The molecule has 9 atom stereocenters. The number of nitrogens with one attached hydrogen (secondary N) is 8. The Bertz CT molecular complexity index is 2010. The molecule has 1 aliphatic heterocycles. The van der Waals surface area contributed by atoms with Gasteiger partial charge in [0.1, 0.15) is 48.3 Å². The number of carboxylic acids is 2. The Hall–Kier alpha value is -7.39. The van der Waals surface area contributed by atoms with E-state index in [2.05, 4.69) is 52.2 Å². The number of aliphatic imine (C=N–C) groups is 1. The predicted molar refractivity (Wildman–Crippen MR) is 239 cm³/mol. The van der Waals surface area contributed by atoms with E-state index in [1.54, 1.807) is 13.8 Å². The number of nitrogens with zero attached hydrogens (tertiary/aromatic N) is 3. The minimum Gasteiger partial charge on any atom is -0.481 e. The number of carboxylic acid groups (broad SMARTS) is 2. The van der Waals surface area contributed by atoms with Gasteiger partial charge in [-0.05, 0) is 58.8 Å². The van der Waals surface area contributed by atoms with Crippen molar-refractivity contribution in [3.8, 4) is 0 Å². The van der Waals surface area contributed by atoms with Crippen LogP contribution in [0.25, 0.3) is 0 Å². The molecule has 2 heterocycles. The van der Waals surface area contributed by atoms with Gasteiger partial charge in [0.15, 0.2) is 5.96 Å². The van der Waals surface area contributed by atoms with Gasteiger partial charge in [0.05, 0.1) is 18.8 Å². The van der Waals surface area contributed by atoms with Crippen molar-refractivity contribution in [1.82, 2.24) is 52.1 Å². The van der Waals surface area contributed by atoms with Crippen LogP contribution in [-0.2, 0) is 59.2 Å². The Kier molecular flexibility index (Phi) is 22.8. The number of H-pyrrole nitrogens is 1. The second-order valence-corrected chi connectivity index (χ2v) is 16.6. The van der Waals surface area contributed by atoms with Gasteiger partial charge < -0.3 is 80.2 Å². The van der Waals surface area contributed by atoms with Gasteiger partial charge in [-0.1, -0.05) is 13.8 Å². The van der Waals surface area contributed by atoms with E-state index >= 15 is 0 Å². The summed E-state index contributed by atoms with van der Waals surface area (Å²) in [6.45, 7) is 7.28. The van der Waals surface area contributed by atoms with Crippen LogP contribution in [0.4, 0.5) is 0 Å². The molecule has 1 fully saturated rings. The van der Waals surface area contributed by atoms with E-state index in [0.717, 1.165) is 0 Å².